The third-order valence-electron chi connectivity index (χ3n) is 2.93. The fourth-order valence-electron chi connectivity index (χ4n) is 1.92. The SMILES string of the molecule is Cc1ncc(CO)c(C(N)=O)c1OCc1ccccc1. The second kappa shape index (κ2) is 6.16. The molecule has 1 heterocycles. The minimum atomic E-state index is -0.636. The monoisotopic (exact) mass is 272 g/mol. The number of aromatic nitrogens is 1. The molecule has 0 aliphatic rings. The number of rotatable bonds is 5. The van der Waals surface area contributed by atoms with E-state index in [9.17, 15) is 9.90 Å². The number of nitrogens with zero attached hydrogens (tertiary/aromatic N) is 1. The summed E-state index contributed by atoms with van der Waals surface area (Å²) >= 11 is 0. The van der Waals surface area contributed by atoms with Crippen LogP contribution in [0.4, 0.5) is 0 Å². The van der Waals surface area contributed by atoms with Gasteiger partial charge in [-0.1, -0.05) is 30.3 Å². The van der Waals surface area contributed by atoms with Crippen LogP contribution in [0.1, 0.15) is 27.2 Å². The molecular formula is C15H16N2O3. The van der Waals surface area contributed by atoms with Crippen LogP contribution in [0.2, 0.25) is 0 Å². The van der Waals surface area contributed by atoms with Gasteiger partial charge in [-0.15, -0.1) is 0 Å². The fraction of sp³-hybridized carbons (Fsp3) is 0.200. The molecule has 0 aliphatic carbocycles. The lowest BCUT2D eigenvalue weighted by atomic mass is 10.1. The number of amides is 1. The number of primary amides is 1. The first-order valence-electron chi connectivity index (χ1n) is 6.19. The molecule has 0 atom stereocenters. The van der Waals surface area contributed by atoms with E-state index in [-0.39, 0.29) is 12.2 Å². The summed E-state index contributed by atoms with van der Waals surface area (Å²) < 4.78 is 5.68. The first-order valence-corrected chi connectivity index (χ1v) is 6.19. The quantitative estimate of drug-likeness (QED) is 0.865. The molecule has 5 nitrogen and oxygen atoms in total. The topological polar surface area (TPSA) is 85.4 Å². The van der Waals surface area contributed by atoms with E-state index in [1.807, 2.05) is 30.3 Å². The highest BCUT2D eigenvalue weighted by molar-refractivity contribution is 5.97. The first kappa shape index (κ1) is 14.0. The fourth-order valence-corrected chi connectivity index (χ4v) is 1.92. The molecule has 0 unspecified atom stereocenters. The van der Waals surface area contributed by atoms with Gasteiger partial charge in [-0.25, -0.2) is 0 Å². The number of aliphatic hydroxyl groups is 1. The van der Waals surface area contributed by atoms with Gasteiger partial charge in [-0.3, -0.25) is 9.78 Å². The van der Waals surface area contributed by atoms with Crippen LogP contribution in [0, 0.1) is 6.92 Å². The van der Waals surface area contributed by atoms with E-state index in [1.165, 1.54) is 6.20 Å². The smallest absolute Gasteiger partial charge is 0.252 e. The molecule has 5 heteroatoms. The summed E-state index contributed by atoms with van der Waals surface area (Å²) in [7, 11) is 0. The van der Waals surface area contributed by atoms with Crippen molar-refractivity contribution >= 4 is 5.91 Å². The van der Waals surface area contributed by atoms with Crippen molar-refractivity contribution in [3.05, 3.63) is 58.9 Å². The van der Waals surface area contributed by atoms with Crippen molar-refractivity contribution in [1.82, 2.24) is 4.98 Å². The minimum Gasteiger partial charge on any atom is -0.486 e. The summed E-state index contributed by atoms with van der Waals surface area (Å²) in [6.07, 6.45) is 1.44. The van der Waals surface area contributed by atoms with Crippen LogP contribution in [-0.4, -0.2) is 16.0 Å². The number of pyridine rings is 1. The number of hydrogen-bond acceptors (Lipinski definition) is 4. The van der Waals surface area contributed by atoms with E-state index >= 15 is 0 Å². The van der Waals surface area contributed by atoms with Gasteiger partial charge in [0.05, 0.1) is 17.9 Å². The number of carbonyl (C=O) groups is 1. The summed E-state index contributed by atoms with van der Waals surface area (Å²) in [4.78, 5) is 15.7. The Morgan fingerprint density at radius 2 is 2.05 bits per heavy atom. The average molecular weight is 272 g/mol. The van der Waals surface area contributed by atoms with Crippen LogP contribution in [0.25, 0.3) is 0 Å². The van der Waals surface area contributed by atoms with Crippen LogP contribution in [0.3, 0.4) is 0 Å². The Labute approximate surface area is 117 Å². The van der Waals surface area contributed by atoms with Gasteiger partial charge < -0.3 is 15.6 Å². The predicted octanol–water partition coefficient (Wildman–Crippen LogP) is 1.56. The zero-order valence-corrected chi connectivity index (χ0v) is 11.2. The first-order chi connectivity index (χ1) is 9.63. The van der Waals surface area contributed by atoms with Gasteiger partial charge in [0.25, 0.3) is 5.91 Å². The molecule has 0 fully saturated rings. The van der Waals surface area contributed by atoms with Gasteiger partial charge >= 0.3 is 0 Å². The van der Waals surface area contributed by atoms with Crippen LogP contribution in [0.15, 0.2) is 36.5 Å². The van der Waals surface area contributed by atoms with E-state index in [4.69, 9.17) is 10.5 Å². The molecule has 0 aliphatic heterocycles. The predicted molar refractivity (Wildman–Crippen MR) is 74.2 cm³/mol. The summed E-state index contributed by atoms with van der Waals surface area (Å²) in [5, 5.41) is 9.26. The highest BCUT2D eigenvalue weighted by Crippen LogP contribution is 2.26. The van der Waals surface area contributed by atoms with Crippen molar-refractivity contribution in [3.63, 3.8) is 0 Å². The lowest BCUT2D eigenvalue weighted by Crippen LogP contribution is -2.17. The van der Waals surface area contributed by atoms with E-state index in [0.29, 0.717) is 23.6 Å². The highest BCUT2D eigenvalue weighted by atomic mass is 16.5. The summed E-state index contributed by atoms with van der Waals surface area (Å²) in [6.45, 7) is 1.72. The molecule has 1 aromatic heterocycles. The molecule has 0 spiro atoms. The van der Waals surface area contributed by atoms with Crippen molar-refractivity contribution in [2.75, 3.05) is 0 Å². The highest BCUT2D eigenvalue weighted by Gasteiger charge is 2.18. The largest absolute Gasteiger partial charge is 0.486 e. The van der Waals surface area contributed by atoms with Crippen LogP contribution >= 0.6 is 0 Å². The Morgan fingerprint density at radius 3 is 2.65 bits per heavy atom. The number of nitrogens with two attached hydrogens (primary N) is 1. The molecule has 3 N–H and O–H groups in total. The second-order valence-corrected chi connectivity index (χ2v) is 4.37. The number of hydrogen-bond donors (Lipinski definition) is 2. The Morgan fingerprint density at radius 1 is 1.35 bits per heavy atom. The Balaban J connectivity index is 2.33. The maximum absolute atomic E-state index is 11.6. The van der Waals surface area contributed by atoms with Crippen LogP contribution in [-0.2, 0) is 13.2 Å². The second-order valence-electron chi connectivity index (χ2n) is 4.37. The van der Waals surface area contributed by atoms with Crippen molar-refractivity contribution < 1.29 is 14.6 Å². The Kier molecular flexibility index (Phi) is 4.32. The van der Waals surface area contributed by atoms with Crippen molar-refractivity contribution in [2.45, 2.75) is 20.1 Å². The van der Waals surface area contributed by atoms with Crippen molar-refractivity contribution in [3.8, 4) is 5.75 Å². The van der Waals surface area contributed by atoms with Gasteiger partial charge in [0.15, 0.2) is 5.75 Å². The molecule has 0 radical (unpaired) electrons. The third-order valence-corrected chi connectivity index (χ3v) is 2.93. The third kappa shape index (κ3) is 2.95. The van der Waals surface area contributed by atoms with E-state index in [2.05, 4.69) is 4.98 Å². The standard InChI is InChI=1S/C15H16N2O3/c1-10-14(20-9-11-5-3-2-4-6-11)13(15(16)19)12(8-18)7-17-10/h2-7,18H,8-9H2,1H3,(H2,16,19). The molecule has 1 amide bonds. The Bertz CT molecular complexity index is 612. The van der Waals surface area contributed by atoms with Crippen LogP contribution in [0.5, 0.6) is 5.75 Å². The van der Waals surface area contributed by atoms with E-state index in [1.54, 1.807) is 6.92 Å². The summed E-state index contributed by atoms with van der Waals surface area (Å²) in [5.74, 6) is -0.310. The van der Waals surface area contributed by atoms with E-state index in [0.717, 1.165) is 5.56 Å². The number of ether oxygens (including phenoxy) is 1. The number of aryl methyl sites for hydroxylation is 1. The summed E-state index contributed by atoms with van der Waals surface area (Å²) in [6, 6.07) is 9.56. The molecule has 20 heavy (non-hydrogen) atoms. The zero-order valence-electron chi connectivity index (χ0n) is 11.2. The molecular weight excluding hydrogens is 256 g/mol. The number of benzene rings is 1. The van der Waals surface area contributed by atoms with Gasteiger partial charge in [0, 0.05) is 11.8 Å². The molecule has 104 valence electrons. The molecule has 0 saturated carbocycles. The molecule has 0 bridgehead atoms. The molecule has 2 rings (SSSR count). The minimum absolute atomic E-state index is 0.191. The lowest BCUT2D eigenvalue weighted by molar-refractivity contribution is 0.0992. The van der Waals surface area contributed by atoms with Gasteiger partial charge in [0.1, 0.15) is 6.61 Å². The maximum atomic E-state index is 11.6. The van der Waals surface area contributed by atoms with Gasteiger partial charge in [-0.2, -0.15) is 0 Å². The molecule has 2 aromatic rings. The van der Waals surface area contributed by atoms with E-state index < -0.39 is 5.91 Å². The lowest BCUT2D eigenvalue weighted by Gasteiger charge is -2.14. The van der Waals surface area contributed by atoms with Gasteiger partial charge in [0.2, 0.25) is 0 Å². The van der Waals surface area contributed by atoms with Gasteiger partial charge in [-0.05, 0) is 12.5 Å². The summed E-state index contributed by atoms with van der Waals surface area (Å²) in [5.41, 5.74) is 7.46. The van der Waals surface area contributed by atoms with Crippen molar-refractivity contribution in [2.24, 2.45) is 5.73 Å². The van der Waals surface area contributed by atoms with Crippen molar-refractivity contribution in [1.29, 1.82) is 0 Å². The molecule has 0 saturated heterocycles. The Hall–Kier alpha value is -2.40. The number of aliphatic hydroxyl groups excluding tert-OH is 1. The van der Waals surface area contributed by atoms with Crippen LogP contribution < -0.4 is 10.5 Å². The average Bonchev–Trinajstić information content (AvgIpc) is 2.46. The number of carbonyl (C=O) groups excluding carboxylic acids is 1. The molecule has 1 aromatic carbocycles. The zero-order chi connectivity index (χ0) is 14.5. The maximum Gasteiger partial charge on any atom is 0.252 e. The normalized spacial score (nSPS) is 10.3.